The van der Waals surface area contributed by atoms with Crippen LogP contribution < -0.4 is 31.0 Å². The number of aliphatic hydroxyl groups excluding tert-OH is 5. The number of hydrogen-bond acceptors (Lipinski definition) is 32. The molecule has 1 amide bonds. The van der Waals surface area contributed by atoms with Crippen molar-refractivity contribution in [1.82, 2.24) is 35.2 Å². The maximum atomic E-state index is 14.7. The number of Topliss-reactive ketones (excluding diaryl/α,β-unsaturated/α-hetero) is 2. The minimum absolute atomic E-state index is 0.0164. The Morgan fingerprint density at radius 2 is 1.45 bits per heavy atom. The molecule has 8 aliphatic heterocycles. The number of carboxylic acids is 1. The molecular weight excluding hydrogens is 1770 g/mol. The number of carbonyl (C=O) groups is 6. The van der Waals surface area contributed by atoms with Crippen LogP contribution >= 0.6 is 0 Å². The summed E-state index contributed by atoms with van der Waals surface area (Å²) in [6.45, 7) is 40.5. The number of anilines is 1. The van der Waals surface area contributed by atoms with Gasteiger partial charge in [0.2, 0.25) is 11.2 Å². The number of methoxy groups -OCH3 is 2. The molecule has 2 aromatic carbocycles. The normalized spacial score (nSPS) is 37.1. The number of nitrogens with zero attached hydrogens (tertiary/aromatic N) is 6. The second kappa shape index (κ2) is 44.1. The van der Waals surface area contributed by atoms with Gasteiger partial charge in [-0.2, -0.15) is 0 Å². The molecule has 1 saturated carbocycles. The van der Waals surface area contributed by atoms with Crippen LogP contribution in [0, 0.1) is 60.1 Å². The van der Waals surface area contributed by atoms with Crippen LogP contribution in [0.4, 0.5) is 10.1 Å². The summed E-state index contributed by atoms with van der Waals surface area (Å²) in [5.74, 6) is -11.1. The zero-order valence-corrected chi connectivity index (χ0v) is 84.4. The second-order valence-electron chi connectivity index (χ2n) is 41.6. The average molecular weight is 1930 g/mol. The van der Waals surface area contributed by atoms with Gasteiger partial charge in [0.05, 0.1) is 99.8 Å². The van der Waals surface area contributed by atoms with E-state index < -0.39 is 202 Å². The van der Waals surface area contributed by atoms with Gasteiger partial charge in [0, 0.05) is 176 Å². The quantitative estimate of drug-likeness (QED) is 0.0678. The number of phenols is 1. The topological polar surface area (TPSA) is 460 Å². The Hall–Kier alpha value is -8.25. The fraction of sp³-hybridized carbons (Fsp3) is 0.703. The van der Waals surface area contributed by atoms with Gasteiger partial charge in [0.25, 0.3) is 11.7 Å². The monoisotopic (exact) mass is 1930 g/mol. The number of ether oxygens (including phenoxy) is 10. The van der Waals surface area contributed by atoms with Crippen molar-refractivity contribution >= 4 is 57.7 Å². The molecule has 5 saturated heterocycles. The molecule has 27 atom stereocenters. The number of likely N-dealkylation sites (N-methyl/N-ethyl adjacent to an activating group) is 2. The first-order chi connectivity index (χ1) is 64.1. The molecule has 0 unspecified atom stereocenters. The first-order valence-corrected chi connectivity index (χ1v) is 48.5. The molecule has 3 aromatic rings. The van der Waals surface area contributed by atoms with Crippen LogP contribution in [0.2, 0.25) is 0 Å². The maximum Gasteiger partial charge on any atom is 0.341 e. The highest BCUT2D eigenvalue weighted by Crippen LogP contribution is 2.52. The van der Waals surface area contributed by atoms with Crippen molar-refractivity contribution in [1.29, 1.82) is 0 Å². The second-order valence-corrected chi connectivity index (χ2v) is 41.6. The predicted molar refractivity (Wildman–Crippen MR) is 509 cm³/mol. The number of fused-ring (bicyclic) bond motifs is 4. The lowest BCUT2D eigenvalue weighted by Gasteiger charge is -2.48. The van der Waals surface area contributed by atoms with Crippen molar-refractivity contribution in [3.8, 4) is 11.5 Å². The number of piperidine rings is 1. The molecule has 10 aliphatic rings. The minimum Gasteiger partial charge on any atom is -0.507 e. The Balaban J connectivity index is 0.000000213. The largest absolute Gasteiger partial charge is 0.507 e. The number of hydrogen-bond donors (Lipinski definition) is 12. The van der Waals surface area contributed by atoms with E-state index in [1.165, 1.54) is 60.4 Å². The molecule has 1 aromatic heterocycles. The van der Waals surface area contributed by atoms with Gasteiger partial charge < -0.3 is 133 Å². The maximum absolute atomic E-state index is 14.7. The molecule has 6 fully saturated rings. The Morgan fingerprint density at radius 3 is 2.04 bits per heavy atom. The highest BCUT2D eigenvalue weighted by Gasteiger charge is 2.58. The summed E-state index contributed by atoms with van der Waals surface area (Å²) in [7, 11) is 8.58. The van der Waals surface area contributed by atoms with Gasteiger partial charge in [0.15, 0.2) is 12.6 Å². The van der Waals surface area contributed by atoms with E-state index in [-0.39, 0.29) is 105 Å². The molecule has 764 valence electrons. The van der Waals surface area contributed by atoms with E-state index in [0.717, 1.165) is 45.6 Å². The molecular formula is C101H152FN9O26. The molecule has 5 bridgehead atoms. The molecule has 1 spiro atoms. The number of rotatable bonds is 14. The number of allylic oxidation sites excluding steroid dienone is 4. The highest BCUT2D eigenvalue weighted by molar-refractivity contribution is 6.34. The number of carboxylic acid groups (broad SMARTS) is 1. The van der Waals surface area contributed by atoms with Crippen molar-refractivity contribution in [3.05, 3.63) is 110 Å². The van der Waals surface area contributed by atoms with E-state index in [9.17, 15) is 83.9 Å². The van der Waals surface area contributed by atoms with Gasteiger partial charge >= 0.3 is 23.7 Å². The fourth-order valence-corrected chi connectivity index (χ4v) is 21.3. The molecule has 0 radical (unpaired) electrons. The lowest BCUT2D eigenvalue weighted by molar-refractivity contribution is -0.318. The van der Waals surface area contributed by atoms with Gasteiger partial charge in [-0.3, -0.25) is 33.8 Å². The number of cyclic esters (lactones) is 1. The standard InChI is InChI=1S/C46H62N4O11.C38H72N2O12.C17H18FN3O3/c1-22(2)21-50-18-16-46(17-19-50)48-34-31-32-39(54)28(8)42-33(31)43(56)45(10,61-42)59-20-15-30(58-11)25(5)41(60-29(9)51)27(7)38(53)26(6)37(52)23(3)13-12-14-24(4)44(57)47-36(40(32)55)35(34)49-46;1-15-27-38(10,46)31(42)24(6)40(13)19-20(2)17-36(8,45)33(52-35-29(41)26(39(11)12)16-21(3)48-35)22(4)30(23(5)34(44)50-27)51-28-18-37(9,47-14)32(43)25(7)49-28;18-13-7-11-14(8-15(13)20-5-3-19-4-6-20)21(10-1-2-10)9-12(16(11)22)17(23)24/h12-15,20,22-23,25-27,30,37-38,41,49,52-54H,16-19,21H2,1-11H3,(H,47,57);20-33,35,41-43,45-46H,15-19H2,1-14H3;7-10,19H,1-6H2,(H,23,24)/b13-12+,20-15+,24-14-;;/t23-,25+,26+,27+,30-,37-,38+,41+,45-;20-,21-,22+,23-,24-,25+,26+,27-,28+,29-,30+,31-,32+,33-,35+,36-,37-,38-;/m01./s1. The number of aromatic hydroxyl groups is 1. The van der Waals surface area contributed by atoms with E-state index in [2.05, 4.69) is 34.7 Å². The zero-order chi connectivity index (χ0) is 101. The number of aliphatic hydroxyl groups is 7. The van der Waals surface area contributed by atoms with E-state index in [4.69, 9.17) is 52.4 Å². The summed E-state index contributed by atoms with van der Waals surface area (Å²) in [5.41, 5.74) is -4.41. The number of aliphatic imine (C=N–C) groups is 1. The van der Waals surface area contributed by atoms with Crippen molar-refractivity contribution in [2.45, 2.75) is 322 Å². The van der Waals surface area contributed by atoms with Crippen LogP contribution in [-0.2, 0) is 57.0 Å². The first kappa shape index (κ1) is 109. The van der Waals surface area contributed by atoms with Gasteiger partial charge in [-0.15, -0.1) is 0 Å². The van der Waals surface area contributed by atoms with E-state index in [1.807, 2.05) is 61.2 Å². The van der Waals surface area contributed by atoms with Crippen LogP contribution in [0.5, 0.6) is 11.5 Å². The van der Waals surface area contributed by atoms with Gasteiger partial charge in [-0.05, 0) is 146 Å². The lowest BCUT2D eigenvalue weighted by Crippen LogP contribution is -2.60. The number of aromatic carboxylic acids is 1. The number of ketones is 2. The van der Waals surface area contributed by atoms with Crippen molar-refractivity contribution < 1.29 is 126 Å². The molecule has 137 heavy (non-hydrogen) atoms. The number of carbonyl (C=O) groups excluding carboxylic acids is 5. The third kappa shape index (κ3) is 23.4. The van der Waals surface area contributed by atoms with Crippen molar-refractivity contribution in [2.24, 2.45) is 52.3 Å². The zero-order valence-electron chi connectivity index (χ0n) is 84.4. The Kier molecular flexibility index (Phi) is 35.1. The summed E-state index contributed by atoms with van der Waals surface area (Å²) in [4.78, 5) is 107. The number of nitrogens with one attached hydrogen (secondary N) is 3. The molecule has 35 nitrogen and oxygen atoms in total. The Morgan fingerprint density at radius 1 is 0.788 bits per heavy atom. The van der Waals surface area contributed by atoms with Crippen LogP contribution in [0.3, 0.4) is 0 Å². The first-order valence-electron chi connectivity index (χ1n) is 48.5. The Labute approximate surface area is 803 Å². The highest BCUT2D eigenvalue weighted by atomic mass is 19.1. The molecule has 2 aliphatic carbocycles. The van der Waals surface area contributed by atoms with Gasteiger partial charge in [0.1, 0.15) is 70.4 Å². The fourth-order valence-electron chi connectivity index (χ4n) is 21.3. The van der Waals surface area contributed by atoms with Crippen LogP contribution in [-0.4, -0.2) is 320 Å². The van der Waals surface area contributed by atoms with E-state index >= 15 is 0 Å². The molecule has 12 N–H and O–H groups in total. The number of benzene rings is 2. The smallest absolute Gasteiger partial charge is 0.341 e. The van der Waals surface area contributed by atoms with E-state index in [1.54, 1.807) is 107 Å². The number of piperazine rings is 1. The van der Waals surface area contributed by atoms with Crippen LogP contribution in [0.15, 0.2) is 75.6 Å². The Bertz CT molecular complexity index is 5070. The summed E-state index contributed by atoms with van der Waals surface area (Å²) in [5, 5.41) is 112. The predicted octanol–water partition coefficient (Wildman–Crippen LogP) is 8.10. The lowest BCUT2D eigenvalue weighted by atomic mass is 9.77. The third-order valence-electron chi connectivity index (χ3n) is 29.9. The SMILES string of the molecule is CC[C@H]1OC(=O)[C@H](C)[C@@H](O[C@H]2C[C@@](C)(OC)[C@@H](O)[C@H](C)O2)[C@H](C)[C@@H](O[C@@H]2O[C@H](C)C[C@H](N(C)C)[C@H]2O)[C@](C)(O)C[C@@H](C)CN(C)[C@H](C)[C@@H](O)[C@]1(C)O.CO[C@H]1/C=C/O[C@@]2(C)Oc3c(C)c(O)c4c(c3C2=O)C2=NC3(CCN(CC(C)C)CC3)NC2=C(NC(=O)/C(C)=C\C=C\[C@H](C)[C@H](O)[C@@H](C)[C@@H](O)[C@@H](C)[C@H](OC(C)=O)[C@@H]1C)C4=O.O=C(O)c1cn(C2CC2)c2cc(N3CCNCC3)c(F)cc2c1=O. The van der Waals surface area contributed by atoms with Crippen LogP contribution in [0.25, 0.3) is 10.9 Å². The van der Waals surface area contributed by atoms with Crippen LogP contribution in [0.1, 0.15) is 231 Å². The minimum atomic E-state index is -1.97. The summed E-state index contributed by atoms with van der Waals surface area (Å²) in [6.07, 6.45) is 0.157. The number of amides is 1. The van der Waals surface area contributed by atoms with Crippen molar-refractivity contribution in [2.75, 3.05) is 92.6 Å². The summed E-state index contributed by atoms with van der Waals surface area (Å²) in [6, 6.07) is 2.27. The molecule has 13 rings (SSSR count). The number of aromatic nitrogens is 1. The number of esters is 2. The average Bonchev–Trinajstić information content (AvgIpc) is 1.54. The number of halogens is 1. The number of pyridine rings is 1. The van der Waals surface area contributed by atoms with Crippen molar-refractivity contribution in [3.63, 3.8) is 0 Å². The molecule has 9 heterocycles. The molecule has 36 heteroatoms. The van der Waals surface area contributed by atoms with E-state index in [0.29, 0.717) is 56.0 Å². The summed E-state index contributed by atoms with van der Waals surface area (Å²) >= 11 is 0. The van der Waals surface area contributed by atoms with Gasteiger partial charge in [-0.25, -0.2) is 9.18 Å². The van der Waals surface area contributed by atoms with Gasteiger partial charge in [-0.1, -0.05) is 80.5 Å². The summed E-state index contributed by atoms with van der Waals surface area (Å²) < 4.78 is 77.9. The number of phenolic OH excluding ortho intramolecular Hbond substituents is 1. The number of likely N-dealkylation sites (tertiary alicyclic amines) is 1. The third-order valence-corrected chi connectivity index (χ3v) is 29.9.